The van der Waals surface area contributed by atoms with Crippen LogP contribution in [0.5, 0.6) is 17.2 Å². The summed E-state index contributed by atoms with van der Waals surface area (Å²) < 4.78 is 16.5. The van der Waals surface area contributed by atoms with Gasteiger partial charge in [0, 0.05) is 30.1 Å². The van der Waals surface area contributed by atoms with Crippen LogP contribution in [0.4, 0.5) is 0 Å². The van der Waals surface area contributed by atoms with E-state index < -0.39 is 5.97 Å². The molecule has 0 saturated carbocycles. The van der Waals surface area contributed by atoms with Gasteiger partial charge in [0.15, 0.2) is 18.1 Å². The number of thiophene rings is 1. The Bertz CT molecular complexity index is 1060. The molecule has 0 spiro atoms. The summed E-state index contributed by atoms with van der Waals surface area (Å²) in [6.45, 7) is 1.98. The smallest absolute Gasteiger partial charge is 0.341 e. The van der Waals surface area contributed by atoms with Crippen molar-refractivity contribution in [2.75, 3.05) is 27.4 Å². The molecule has 1 aliphatic rings. The molecular weight excluding hydrogens is 414 g/mol. The normalized spacial score (nSPS) is 13.5. The summed E-state index contributed by atoms with van der Waals surface area (Å²) in [5.41, 5.74) is 4.57. The average Bonchev–Trinajstić information content (AvgIpc) is 3.32. The van der Waals surface area contributed by atoms with Gasteiger partial charge in [0.1, 0.15) is 5.75 Å². The number of benzene rings is 2. The minimum absolute atomic E-state index is 0.356. The van der Waals surface area contributed by atoms with Gasteiger partial charge in [0.25, 0.3) is 0 Å². The number of nitrogens with zero attached hydrogens (tertiary/aromatic N) is 1. The lowest BCUT2D eigenvalue weighted by Crippen LogP contribution is -2.30. The van der Waals surface area contributed by atoms with E-state index in [1.165, 1.54) is 16.0 Å². The van der Waals surface area contributed by atoms with Crippen LogP contribution >= 0.6 is 11.3 Å². The van der Waals surface area contributed by atoms with Gasteiger partial charge in [-0.15, -0.1) is 11.3 Å². The van der Waals surface area contributed by atoms with Crippen LogP contribution in [0, 0.1) is 0 Å². The SMILES string of the molecule is COc1cc2c(cc1OC)CN(Cc1cc(-c3cccs3)ccc1OCC(=O)O)CC2. The zero-order chi connectivity index (χ0) is 21.8. The molecule has 2 heterocycles. The van der Waals surface area contributed by atoms with E-state index in [9.17, 15) is 4.79 Å². The highest BCUT2D eigenvalue weighted by Gasteiger charge is 2.21. The minimum atomic E-state index is -0.985. The van der Waals surface area contributed by atoms with Crippen molar-refractivity contribution in [3.63, 3.8) is 0 Å². The molecule has 162 valence electrons. The van der Waals surface area contributed by atoms with Crippen molar-refractivity contribution in [1.82, 2.24) is 4.90 Å². The van der Waals surface area contributed by atoms with Crippen LogP contribution in [0.1, 0.15) is 16.7 Å². The lowest BCUT2D eigenvalue weighted by Gasteiger charge is -2.30. The molecule has 0 aliphatic carbocycles. The molecule has 1 aliphatic heterocycles. The number of hydrogen-bond donors (Lipinski definition) is 1. The van der Waals surface area contributed by atoms with Crippen molar-refractivity contribution in [2.24, 2.45) is 0 Å². The predicted octanol–water partition coefficient (Wildman–Crippen LogP) is 4.45. The first kappa shape index (κ1) is 21.2. The Hall–Kier alpha value is -3.03. The van der Waals surface area contributed by atoms with E-state index in [4.69, 9.17) is 19.3 Å². The van der Waals surface area contributed by atoms with Gasteiger partial charge in [0.2, 0.25) is 0 Å². The number of methoxy groups -OCH3 is 2. The minimum Gasteiger partial charge on any atom is -0.493 e. The van der Waals surface area contributed by atoms with Crippen molar-refractivity contribution in [2.45, 2.75) is 19.5 Å². The Kier molecular flexibility index (Phi) is 6.44. The van der Waals surface area contributed by atoms with Gasteiger partial charge in [-0.25, -0.2) is 4.79 Å². The monoisotopic (exact) mass is 439 g/mol. The van der Waals surface area contributed by atoms with Crippen molar-refractivity contribution in [3.05, 3.63) is 64.5 Å². The zero-order valence-corrected chi connectivity index (χ0v) is 18.4. The molecule has 0 radical (unpaired) electrons. The van der Waals surface area contributed by atoms with Crippen molar-refractivity contribution in [3.8, 4) is 27.7 Å². The summed E-state index contributed by atoms with van der Waals surface area (Å²) in [5.74, 6) is 1.11. The molecule has 0 saturated heterocycles. The second-order valence-corrected chi connectivity index (χ2v) is 8.37. The molecule has 6 nitrogen and oxygen atoms in total. The Balaban J connectivity index is 1.59. The van der Waals surface area contributed by atoms with Crippen LogP contribution in [-0.2, 0) is 24.3 Å². The zero-order valence-electron chi connectivity index (χ0n) is 17.6. The topological polar surface area (TPSA) is 68.2 Å². The van der Waals surface area contributed by atoms with Gasteiger partial charge in [-0.1, -0.05) is 6.07 Å². The number of ether oxygens (including phenoxy) is 3. The largest absolute Gasteiger partial charge is 0.493 e. The van der Waals surface area contributed by atoms with Crippen LogP contribution in [0.25, 0.3) is 10.4 Å². The van der Waals surface area contributed by atoms with E-state index in [-0.39, 0.29) is 6.61 Å². The van der Waals surface area contributed by atoms with E-state index in [2.05, 4.69) is 23.1 Å². The highest BCUT2D eigenvalue weighted by molar-refractivity contribution is 7.13. The highest BCUT2D eigenvalue weighted by Crippen LogP contribution is 2.35. The molecule has 3 aromatic rings. The number of carboxylic acids is 1. The van der Waals surface area contributed by atoms with Gasteiger partial charge in [-0.3, -0.25) is 4.90 Å². The van der Waals surface area contributed by atoms with Crippen LogP contribution in [0.3, 0.4) is 0 Å². The van der Waals surface area contributed by atoms with E-state index in [1.54, 1.807) is 25.6 Å². The van der Waals surface area contributed by atoms with Crippen molar-refractivity contribution in [1.29, 1.82) is 0 Å². The molecule has 0 atom stereocenters. The van der Waals surface area contributed by atoms with Gasteiger partial charge in [-0.2, -0.15) is 0 Å². The molecule has 1 aromatic heterocycles. The number of carbonyl (C=O) groups is 1. The standard InChI is InChI=1S/C24H25NO5S/c1-28-21-11-16-7-8-25(13-18(16)12-22(21)29-2)14-19-10-17(23-4-3-9-31-23)5-6-20(19)30-15-24(26)27/h3-6,9-12H,7-8,13-15H2,1-2H3,(H,26,27). The Morgan fingerprint density at radius 1 is 1.06 bits per heavy atom. The summed E-state index contributed by atoms with van der Waals surface area (Å²) in [6, 6.07) is 14.2. The summed E-state index contributed by atoms with van der Waals surface area (Å²) in [5, 5.41) is 11.1. The molecular formula is C24H25NO5S. The maximum atomic E-state index is 11.0. The molecule has 0 bridgehead atoms. The van der Waals surface area contributed by atoms with E-state index >= 15 is 0 Å². The fraction of sp³-hybridized carbons (Fsp3) is 0.292. The molecule has 0 unspecified atom stereocenters. The molecule has 1 N–H and O–H groups in total. The van der Waals surface area contributed by atoms with Crippen LogP contribution in [0.2, 0.25) is 0 Å². The maximum absolute atomic E-state index is 11.0. The summed E-state index contributed by atoms with van der Waals surface area (Å²) in [6.07, 6.45) is 0.908. The lowest BCUT2D eigenvalue weighted by molar-refractivity contribution is -0.139. The molecule has 0 amide bonds. The number of fused-ring (bicyclic) bond motifs is 1. The molecule has 7 heteroatoms. The quantitative estimate of drug-likeness (QED) is 0.559. The van der Waals surface area contributed by atoms with E-state index in [1.807, 2.05) is 29.6 Å². The number of aliphatic carboxylic acids is 1. The van der Waals surface area contributed by atoms with Crippen LogP contribution < -0.4 is 14.2 Å². The van der Waals surface area contributed by atoms with E-state index in [0.717, 1.165) is 42.1 Å². The average molecular weight is 440 g/mol. The fourth-order valence-electron chi connectivity index (χ4n) is 3.90. The Morgan fingerprint density at radius 2 is 1.84 bits per heavy atom. The Morgan fingerprint density at radius 3 is 2.52 bits per heavy atom. The number of hydrogen-bond acceptors (Lipinski definition) is 6. The molecule has 31 heavy (non-hydrogen) atoms. The van der Waals surface area contributed by atoms with Crippen LogP contribution in [-0.4, -0.2) is 43.3 Å². The molecule has 2 aromatic carbocycles. The van der Waals surface area contributed by atoms with Gasteiger partial charge >= 0.3 is 5.97 Å². The number of rotatable bonds is 8. The highest BCUT2D eigenvalue weighted by atomic mass is 32.1. The van der Waals surface area contributed by atoms with Gasteiger partial charge in [0.05, 0.1) is 14.2 Å². The summed E-state index contributed by atoms with van der Waals surface area (Å²) in [4.78, 5) is 14.5. The third-order valence-electron chi connectivity index (χ3n) is 5.41. The third kappa shape index (κ3) is 4.84. The van der Waals surface area contributed by atoms with Gasteiger partial charge < -0.3 is 19.3 Å². The fourth-order valence-corrected chi connectivity index (χ4v) is 4.62. The number of carboxylic acid groups (broad SMARTS) is 1. The predicted molar refractivity (Wildman–Crippen MR) is 120 cm³/mol. The summed E-state index contributed by atoms with van der Waals surface area (Å²) in [7, 11) is 3.30. The summed E-state index contributed by atoms with van der Waals surface area (Å²) >= 11 is 1.68. The lowest BCUT2D eigenvalue weighted by atomic mass is 9.98. The second kappa shape index (κ2) is 9.41. The second-order valence-electron chi connectivity index (χ2n) is 7.42. The first-order valence-corrected chi connectivity index (χ1v) is 10.9. The van der Waals surface area contributed by atoms with Gasteiger partial charge in [-0.05, 0) is 64.9 Å². The first-order valence-electron chi connectivity index (χ1n) is 10.0. The van der Waals surface area contributed by atoms with E-state index in [0.29, 0.717) is 12.3 Å². The third-order valence-corrected chi connectivity index (χ3v) is 6.33. The van der Waals surface area contributed by atoms with Crippen LogP contribution in [0.15, 0.2) is 47.8 Å². The molecule has 4 rings (SSSR count). The molecule has 0 fully saturated rings. The Labute approximate surface area is 185 Å². The van der Waals surface area contributed by atoms with Crippen molar-refractivity contribution >= 4 is 17.3 Å². The van der Waals surface area contributed by atoms with Crippen molar-refractivity contribution < 1.29 is 24.1 Å². The first-order chi connectivity index (χ1) is 15.1. The maximum Gasteiger partial charge on any atom is 0.341 e.